The Bertz CT molecular complexity index is 1290. The highest BCUT2D eigenvalue weighted by Gasteiger charge is 2.33. The van der Waals surface area contributed by atoms with E-state index in [4.69, 9.17) is 14.7 Å². The van der Waals surface area contributed by atoms with E-state index in [0.717, 1.165) is 43.3 Å². The number of pyridine rings is 1. The van der Waals surface area contributed by atoms with Crippen LogP contribution in [0.2, 0.25) is 0 Å². The van der Waals surface area contributed by atoms with Gasteiger partial charge in [-0.1, -0.05) is 17.8 Å². The fraction of sp³-hybridized carbons (Fsp3) is 0.458. The number of piperidine rings is 2. The first-order valence-corrected chi connectivity index (χ1v) is 12.2. The van der Waals surface area contributed by atoms with Crippen molar-refractivity contribution in [1.82, 2.24) is 25.1 Å². The molecule has 174 valence electrons. The number of ether oxygens (including phenoxy) is 1. The van der Waals surface area contributed by atoms with Gasteiger partial charge in [0.15, 0.2) is 5.13 Å². The third-order valence-corrected chi connectivity index (χ3v) is 8.12. The Balaban J connectivity index is 0.00000228. The predicted octanol–water partition coefficient (Wildman–Crippen LogP) is 4.78. The highest BCUT2D eigenvalue weighted by molar-refractivity contribution is 7.22. The summed E-state index contributed by atoms with van der Waals surface area (Å²) >= 11 is 1.76. The van der Waals surface area contributed by atoms with Crippen LogP contribution in [0.25, 0.3) is 32.4 Å². The molecule has 0 radical (unpaired) electrons. The maximum absolute atomic E-state index is 5.60. The van der Waals surface area contributed by atoms with E-state index in [2.05, 4.69) is 34.5 Å². The maximum atomic E-state index is 5.60. The van der Waals surface area contributed by atoms with Gasteiger partial charge in [-0.25, -0.2) is 4.98 Å². The molecule has 6 rings (SSSR count). The second kappa shape index (κ2) is 8.74. The van der Waals surface area contributed by atoms with Gasteiger partial charge in [0.2, 0.25) is 0 Å². The van der Waals surface area contributed by atoms with E-state index in [0.29, 0.717) is 18.1 Å². The Kier molecular flexibility index (Phi) is 5.93. The second-order valence-corrected chi connectivity index (χ2v) is 10.2. The van der Waals surface area contributed by atoms with Gasteiger partial charge in [-0.3, -0.25) is 9.67 Å². The molecule has 1 N–H and O–H groups in total. The molecular weight excluding hydrogens is 456 g/mol. The molecule has 0 spiro atoms. The summed E-state index contributed by atoms with van der Waals surface area (Å²) in [6, 6.07) is 8.17. The average molecular weight is 485 g/mol. The highest BCUT2D eigenvalue weighted by atomic mass is 35.5. The van der Waals surface area contributed by atoms with Crippen molar-refractivity contribution in [3.8, 4) is 17.0 Å². The molecule has 0 saturated carbocycles. The maximum Gasteiger partial charge on any atom is 0.186 e. The number of aryl methyl sites for hydroxylation is 1. The van der Waals surface area contributed by atoms with Crippen molar-refractivity contribution < 1.29 is 4.74 Å². The van der Waals surface area contributed by atoms with E-state index >= 15 is 0 Å². The van der Waals surface area contributed by atoms with E-state index in [1.54, 1.807) is 18.4 Å². The number of aromatic nitrogens is 4. The van der Waals surface area contributed by atoms with Crippen molar-refractivity contribution in [2.24, 2.45) is 7.05 Å². The summed E-state index contributed by atoms with van der Waals surface area (Å²) in [5.74, 6) is 0.765. The van der Waals surface area contributed by atoms with E-state index in [1.807, 2.05) is 30.2 Å². The Labute approximate surface area is 203 Å². The van der Waals surface area contributed by atoms with Crippen LogP contribution < -0.4 is 15.0 Å². The molecule has 3 aromatic heterocycles. The summed E-state index contributed by atoms with van der Waals surface area (Å²) < 4.78 is 8.58. The summed E-state index contributed by atoms with van der Waals surface area (Å²) in [5, 5.41) is 10.4. The third-order valence-electron chi connectivity index (χ3n) is 7.01. The van der Waals surface area contributed by atoms with E-state index in [1.165, 1.54) is 32.1 Å². The lowest BCUT2D eigenvalue weighted by molar-refractivity contribution is 0.219. The van der Waals surface area contributed by atoms with Gasteiger partial charge in [-0.05, 0) is 43.9 Å². The van der Waals surface area contributed by atoms with Gasteiger partial charge in [-0.15, -0.1) is 12.4 Å². The van der Waals surface area contributed by atoms with Crippen molar-refractivity contribution in [3.05, 3.63) is 30.6 Å². The zero-order chi connectivity index (χ0) is 21.8. The number of hydrogen-bond donors (Lipinski definition) is 1. The summed E-state index contributed by atoms with van der Waals surface area (Å²) in [7, 11) is 5.82. The van der Waals surface area contributed by atoms with Crippen LogP contribution in [-0.4, -0.2) is 52.0 Å². The first-order valence-electron chi connectivity index (χ1n) is 11.3. The molecule has 0 amide bonds. The van der Waals surface area contributed by atoms with Gasteiger partial charge in [-0.2, -0.15) is 5.10 Å². The van der Waals surface area contributed by atoms with Crippen molar-refractivity contribution in [3.63, 3.8) is 0 Å². The topological polar surface area (TPSA) is 68.1 Å². The zero-order valence-electron chi connectivity index (χ0n) is 19.1. The van der Waals surface area contributed by atoms with E-state index in [9.17, 15) is 0 Å². The first kappa shape index (κ1) is 22.4. The Hall–Kier alpha value is -2.42. The second-order valence-electron chi connectivity index (χ2n) is 9.18. The fourth-order valence-corrected chi connectivity index (χ4v) is 6.37. The molecule has 7 nitrogen and oxygen atoms in total. The number of anilines is 1. The van der Waals surface area contributed by atoms with Gasteiger partial charge in [0.1, 0.15) is 16.8 Å². The van der Waals surface area contributed by atoms with Gasteiger partial charge in [0.05, 0.1) is 23.7 Å². The van der Waals surface area contributed by atoms with Crippen molar-refractivity contribution in [2.45, 2.75) is 50.2 Å². The monoisotopic (exact) mass is 484 g/mol. The largest absolute Gasteiger partial charge is 0.494 e. The zero-order valence-corrected chi connectivity index (χ0v) is 20.7. The highest BCUT2D eigenvalue weighted by Crippen LogP contribution is 2.36. The number of hydrogen-bond acceptors (Lipinski definition) is 7. The van der Waals surface area contributed by atoms with Crippen LogP contribution in [0.5, 0.6) is 5.75 Å². The molecule has 2 saturated heterocycles. The van der Waals surface area contributed by atoms with Crippen LogP contribution in [0.15, 0.2) is 30.6 Å². The number of methoxy groups -OCH3 is 1. The van der Waals surface area contributed by atoms with Crippen LogP contribution in [0, 0.1) is 0 Å². The van der Waals surface area contributed by atoms with Crippen LogP contribution in [0.1, 0.15) is 32.1 Å². The van der Waals surface area contributed by atoms with E-state index in [-0.39, 0.29) is 12.4 Å². The number of fused-ring (bicyclic) bond motifs is 4. The van der Waals surface area contributed by atoms with Gasteiger partial charge < -0.3 is 15.0 Å². The summed E-state index contributed by atoms with van der Waals surface area (Å²) in [5.41, 5.74) is 3.78. The molecule has 5 heterocycles. The first-order chi connectivity index (χ1) is 15.6. The summed E-state index contributed by atoms with van der Waals surface area (Å²) in [6.07, 6.45) is 10.3. The Morgan fingerprint density at radius 3 is 2.73 bits per heavy atom. The molecule has 2 aliphatic heterocycles. The number of nitrogens with one attached hydrogen (secondary N) is 1. The molecular formula is C24H29ClN6OS. The molecule has 0 aliphatic carbocycles. The molecule has 2 atom stereocenters. The number of rotatable bonds is 4. The van der Waals surface area contributed by atoms with Crippen LogP contribution >= 0.6 is 23.7 Å². The molecule has 33 heavy (non-hydrogen) atoms. The minimum atomic E-state index is 0. The molecule has 2 bridgehead atoms. The quantitative estimate of drug-likeness (QED) is 0.449. The smallest absolute Gasteiger partial charge is 0.186 e. The summed E-state index contributed by atoms with van der Waals surface area (Å²) in [6.45, 7) is 0. The lowest BCUT2D eigenvalue weighted by Gasteiger charge is -2.43. The van der Waals surface area contributed by atoms with Crippen molar-refractivity contribution >= 4 is 50.0 Å². The van der Waals surface area contributed by atoms with E-state index < -0.39 is 0 Å². The lowest BCUT2D eigenvalue weighted by atomic mass is 9.83. The van der Waals surface area contributed by atoms with Crippen molar-refractivity contribution in [1.29, 1.82) is 0 Å². The third kappa shape index (κ3) is 4.05. The molecule has 2 aliphatic rings. The van der Waals surface area contributed by atoms with Gasteiger partial charge in [0, 0.05) is 49.4 Å². The molecule has 4 aromatic rings. The van der Waals surface area contributed by atoms with Gasteiger partial charge >= 0.3 is 0 Å². The standard InChI is InChI=1S/C24H28N6OS.ClH/c1-29-13-15-7-14(8-21(31-3)23(15)28-29)19-11-22-20(12-25-19)27-24(32-22)30(2)18-9-16-5-4-6-17(10-18)26-16;/h7-8,11-13,16-18,26H,4-6,9-10H2,1-3H3;1H. The molecule has 1 aromatic carbocycles. The fourth-order valence-electron chi connectivity index (χ4n) is 5.36. The normalized spacial score (nSPS) is 22.3. The SMILES string of the molecule is COc1cc(-c2cc3sc(N(C)C4CC5CCCC(C4)N5)nc3cn2)cc2cn(C)nc12.Cl. The predicted molar refractivity (Wildman–Crippen MR) is 137 cm³/mol. The Morgan fingerprint density at radius 2 is 1.97 bits per heavy atom. The average Bonchev–Trinajstić information content (AvgIpc) is 3.39. The number of halogens is 1. The van der Waals surface area contributed by atoms with Gasteiger partial charge in [0.25, 0.3) is 0 Å². The van der Waals surface area contributed by atoms with Crippen molar-refractivity contribution in [2.75, 3.05) is 19.1 Å². The number of thiazole rings is 1. The Morgan fingerprint density at radius 1 is 1.18 bits per heavy atom. The van der Waals surface area contributed by atoms with Crippen LogP contribution in [0.4, 0.5) is 5.13 Å². The van der Waals surface area contributed by atoms with Crippen LogP contribution in [-0.2, 0) is 7.05 Å². The molecule has 2 fully saturated rings. The van der Waals surface area contributed by atoms with Crippen LogP contribution in [0.3, 0.4) is 0 Å². The minimum absolute atomic E-state index is 0. The lowest BCUT2D eigenvalue weighted by Crippen LogP contribution is -2.54. The number of benzene rings is 1. The minimum Gasteiger partial charge on any atom is -0.494 e. The number of nitrogens with zero attached hydrogens (tertiary/aromatic N) is 5. The molecule has 9 heteroatoms. The summed E-state index contributed by atoms with van der Waals surface area (Å²) in [4.78, 5) is 12.1. The molecule has 2 unspecified atom stereocenters.